The highest BCUT2D eigenvalue weighted by Gasteiger charge is 2.24. The summed E-state index contributed by atoms with van der Waals surface area (Å²) < 4.78 is 3.80. The topological polar surface area (TPSA) is 60.6 Å². The summed E-state index contributed by atoms with van der Waals surface area (Å²) in [6.45, 7) is 7.04. The van der Waals surface area contributed by atoms with E-state index in [2.05, 4.69) is 41.5 Å². The van der Waals surface area contributed by atoms with Gasteiger partial charge in [-0.05, 0) is 33.9 Å². The zero-order valence-electron chi connectivity index (χ0n) is 11.6. The van der Waals surface area contributed by atoms with Gasteiger partial charge >= 0.3 is 0 Å². The quantitative estimate of drug-likeness (QED) is 0.885. The van der Waals surface area contributed by atoms with E-state index in [1.165, 1.54) is 0 Å². The second kappa shape index (κ2) is 4.53. The van der Waals surface area contributed by atoms with Crippen LogP contribution in [0.5, 0.6) is 0 Å². The molecule has 2 heterocycles. The first-order chi connectivity index (χ1) is 8.45. The molecule has 0 aliphatic rings. The lowest BCUT2D eigenvalue weighted by Crippen LogP contribution is -2.25. The summed E-state index contributed by atoms with van der Waals surface area (Å²) in [5.74, 6) is 0. The molecule has 18 heavy (non-hydrogen) atoms. The molecular weight excluding hydrogens is 228 g/mol. The summed E-state index contributed by atoms with van der Waals surface area (Å²) in [4.78, 5) is 0. The largest absolute Gasteiger partial charge is 0.314 e. The average molecular weight is 248 g/mol. The molecule has 0 saturated heterocycles. The smallest absolute Gasteiger partial charge is 0.112 e. The standard InChI is InChI=1S/C12H20N6/c1-12(2,3)18-11(9(8-13-4)15-16-18)10-6-7-14-17(10)5/h6-7,13H,8H2,1-5H3. The van der Waals surface area contributed by atoms with E-state index in [1.807, 2.05) is 29.5 Å². The molecule has 6 heteroatoms. The normalized spacial score (nSPS) is 12.1. The average Bonchev–Trinajstić information content (AvgIpc) is 2.83. The van der Waals surface area contributed by atoms with Crippen LogP contribution in [-0.4, -0.2) is 31.8 Å². The lowest BCUT2D eigenvalue weighted by molar-refractivity contribution is 0.350. The highest BCUT2D eigenvalue weighted by Crippen LogP contribution is 2.26. The van der Waals surface area contributed by atoms with Crippen molar-refractivity contribution in [3.63, 3.8) is 0 Å². The molecule has 0 atom stereocenters. The summed E-state index contributed by atoms with van der Waals surface area (Å²) >= 11 is 0. The van der Waals surface area contributed by atoms with Crippen LogP contribution in [0.25, 0.3) is 11.4 Å². The van der Waals surface area contributed by atoms with E-state index in [9.17, 15) is 0 Å². The Balaban J connectivity index is 2.61. The second-order valence-corrected chi connectivity index (χ2v) is 5.34. The summed E-state index contributed by atoms with van der Waals surface area (Å²) in [5, 5.41) is 15.9. The zero-order valence-corrected chi connectivity index (χ0v) is 11.6. The fourth-order valence-corrected chi connectivity index (χ4v) is 1.93. The fraction of sp³-hybridized carbons (Fsp3) is 0.583. The molecule has 0 saturated carbocycles. The van der Waals surface area contributed by atoms with E-state index in [0.717, 1.165) is 17.1 Å². The molecule has 2 aromatic rings. The van der Waals surface area contributed by atoms with Gasteiger partial charge in [0.25, 0.3) is 0 Å². The fourth-order valence-electron chi connectivity index (χ4n) is 1.93. The Morgan fingerprint density at radius 1 is 1.33 bits per heavy atom. The van der Waals surface area contributed by atoms with Crippen molar-refractivity contribution in [1.82, 2.24) is 30.1 Å². The number of hydrogen-bond donors (Lipinski definition) is 1. The van der Waals surface area contributed by atoms with Gasteiger partial charge in [-0.15, -0.1) is 5.10 Å². The molecular formula is C12H20N6. The Kier molecular flexibility index (Phi) is 3.21. The van der Waals surface area contributed by atoms with Crippen LogP contribution in [0.1, 0.15) is 26.5 Å². The first-order valence-electron chi connectivity index (χ1n) is 6.03. The van der Waals surface area contributed by atoms with E-state index in [1.54, 1.807) is 6.20 Å². The van der Waals surface area contributed by atoms with Gasteiger partial charge < -0.3 is 5.32 Å². The van der Waals surface area contributed by atoms with Crippen LogP contribution >= 0.6 is 0 Å². The predicted molar refractivity (Wildman–Crippen MR) is 70.0 cm³/mol. The van der Waals surface area contributed by atoms with Crippen molar-refractivity contribution in [3.05, 3.63) is 18.0 Å². The van der Waals surface area contributed by atoms with E-state index in [-0.39, 0.29) is 5.54 Å². The van der Waals surface area contributed by atoms with E-state index < -0.39 is 0 Å². The number of hydrogen-bond acceptors (Lipinski definition) is 4. The minimum absolute atomic E-state index is 0.113. The molecule has 2 aromatic heterocycles. The van der Waals surface area contributed by atoms with Crippen LogP contribution in [0.15, 0.2) is 12.3 Å². The molecule has 98 valence electrons. The number of aryl methyl sites for hydroxylation is 1. The van der Waals surface area contributed by atoms with Gasteiger partial charge in [0.05, 0.1) is 11.2 Å². The molecule has 0 fully saturated rings. The summed E-state index contributed by atoms with van der Waals surface area (Å²) in [5.41, 5.74) is 2.88. The van der Waals surface area contributed by atoms with Crippen molar-refractivity contribution >= 4 is 0 Å². The first kappa shape index (κ1) is 12.8. The maximum atomic E-state index is 4.29. The Hall–Kier alpha value is -1.69. The Morgan fingerprint density at radius 3 is 2.56 bits per heavy atom. The second-order valence-electron chi connectivity index (χ2n) is 5.34. The monoisotopic (exact) mass is 248 g/mol. The highest BCUT2D eigenvalue weighted by molar-refractivity contribution is 5.57. The number of rotatable bonds is 3. The van der Waals surface area contributed by atoms with Crippen LogP contribution in [0.2, 0.25) is 0 Å². The number of aromatic nitrogens is 5. The summed E-state index contributed by atoms with van der Waals surface area (Å²) in [6.07, 6.45) is 1.79. The molecule has 0 unspecified atom stereocenters. The maximum absolute atomic E-state index is 4.29. The lowest BCUT2D eigenvalue weighted by atomic mass is 10.1. The number of nitrogens with one attached hydrogen (secondary N) is 1. The van der Waals surface area contributed by atoms with Gasteiger partial charge in [0, 0.05) is 19.8 Å². The minimum Gasteiger partial charge on any atom is -0.314 e. The van der Waals surface area contributed by atoms with Crippen LogP contribution in [-0.2, 0) is 19.1 Å². The van der Waals surface area contributed by atoms with Crippen molar-refractivity contribution in [2.24, 2.45) is 7.05 Å². The van der Waals surface area contributed by atoms with Crippen LogP contribution in [0, 0.1) is 0 Å². The lowest BCUT2D eigenvalue weighted by Gasteiger charge is -2.21. The van der Waals surface area contributed by atoms with Gasteiger partial charge in [-0.25, -0.2) is 4.68 Å². The van der Waals surface area contributed by atoms with Crippen molar-refractivity contribution in [2.75, 3.05) is 7.05 Å². The third kappa shape index (κ3) is 2.15. The van der Waals surface area contributed by atoms with Gasteiger partial charge in [0.15, 0.2) is 0 Å². The Labute approximate surface area is 107 Å². The molecule has 0 aromatic carbocycles. The van der Waals surface area contributed by atoms with Crippen molar-refractivity contribution in [1.29, 1.82) is 0 Å². The minimum atomic E-state index is -0.113. The van der Waals surface area contributed by atoms with Gasteiger partial charge in [-0.3, -0.25) is 4.68 Å². The van der Waals surface area contributed by atoms with Crippen LogP contribution in [0.4, 0.5) is 0 Å². The predicted octanol–water partition coefficient (Wildman–Crippen LogP) is 1.15. The molecule has 0 aliphatic carbocycles. The van der Waals surface area contributed by atoms with Crippen molar-refractivity contribution < 1.29 is 0 Å². The van der Waals surface area contributed by atoms with E-state index >= 15 is 0 Å². The molecule has 0 amide bonds. The highest BCUT2D eigenvalue weighted by atomic mass is 15.5. The zero-order chi connectivity index (χ0) is 13.3. The van der Waals surface area contributed by atoms with Gasteiger partial charge in [-0.1, -0.05) is 5.21 Å². The molecule has 0 bridgehead atoms. The van der Waals surface area contributed by atoms with E-state index in [4.69, 9.17) is 0 Å². The van der Waals surface area contributed by atoms with Gasteiger partial charge in [-0.2, -0.15) is 5.10 Å². The first-order valence-corrected chi connectivity index (χ1v) is 6.03. The molecule has 1 N–H and O–H groups in total. The SMILES string of the molecule is CNCc1nnn(C(C)(C)C)c1-c1ccnn1C. The molecule has 0 aliphatic heterocycles. The summed E-state index contributed by atoms with van der Waals surface area (Å²) in [6, 6.07) is 1.99. The molecule has 0 spiro atoms. The molecule has 6 nitrogen and oxygen atoms in total. The van der Waals surface area contributed by atoms with Gasteiger partial charge in [0.1, 0.15) is 11.4 Å². The Bertz CT molecular complexity index is 531. The van der Waals surface area contributed by atoms with Gasteiger partial charge in [0.2, 0.25) is 0 Å². The number of nitrogens with zero attached hydrogens (tertiary/aromatic N) is 5. The third-order valence-electron chi connectivity index (χ3n) is 2.78. The Morgan fingerprint density at radius 2 is 2.06 bits per heavy atom. The van der Waals surface area contributed by atoms with Crippen molar-refractivity contribution in [2.45, 2.75) is 32.9 Å². The molecule has 0 radical (unpaired) electrons. The van der Waals surface area contributed by atoms with E-state index in [0.29, 0.717) is 6.54 Å². The van der Waals surface area contributed by atoms with Crippen molar-refractivity contribution in [3.8, 4) is 11.4 Å². The van der Waals surface area contributed by atoms with Crippen LogP contribution in [0.3, 0.4) is 0 Å². The maximum Gasteiger partial charge on any atom is 0.112 e. The molecule has 2 rings (SSSR count). The summed E-state index contributed by atoms with van der Waals surface area (Å²) in [7, 11) is 3.83. The van der Waals surface area contributed by atoms with Crippen LogP contribution < -0.4 is 5.32 Å². The third-order valence-corrected chi connectivity index (χ3v) is 2.78.